The van der Waals surface area contributed by atoms with E-state index < -0.39 is 42.2 Å². The average Bonchev–Trinajstić information content (AvgIpc) is 2.93. The van der Waals surface area contributed by atoms with Crippen LogP contribution in [-0.4, -0.2) is 50.9 Å². The molecule has 10 nitrogen and oxygen atoms in total. The maximum Gasteiger partial charge on any atom is 0.316 e. The molecular weight excluding hydrogens is 500 g/mol. The minimum absolute atomic E-state index is 0.264. The van der Waals surface area contributed by atoms with Crippen LogP contribution in [0.1, 0.15) is 31.9 Å². The summed E-state index contributed by atoms with van der Waals surface area (Å²) in [5.41, 5.74) is 2.21. The van der Waals surface area contributed by atoms with E-state index in [0.717, 1.165) is 5.56 Å². The lowest BCUT2D eigenvalue weighted by atomic mass is 10.0. The minimum atomic E-state index is -1.41. The number of carboxylic acids is 1. The van der Waals surface area contributed by atoms with E-state index in [1.165, 1.54) is 15.7 Å². The second kappa shape index (κ2) is 11.6. The van der Waals surface area contributed by atoms with Gasteiger partial charge in [-0.05, 0) is 49.2 Å². The molecule has 0 saturated heterocycles. The van der Waals surface area contributed by atoms with Crippen LogP contribution >= 0.6 is 0 Å². The van der Waals surface area contributed by atoms with Crippen molar-refractivity contribution in [1.82, 2.24) is 20.1 Å². The Morgan fingerprint density at radius 2 is 1.74 bits per heavy atom. The molecule has 1 aliphatic rings. The number of rotatable bonds is 8. The summed E-state index contributed by atoms with van der Waals surface area (Å²) in [6.07, 6.45) is 2.58. The Morgan fingerprint density at radius 1 is 1.00 bits per heavy atom. The first-order chi connectivity index (χ1) is 18.7. The number of Topliss-reactive ketones (excluding diaryl/α,β-unsaturated/α-hetero) is 1. The zero-order valence-electron chi connectivity index (χ0n) is 21.5. The van der Waals surface area contributed by atoms with Gasteiger partial charge in [0.2, 0.25) is 0 Å². The molecule has 3 N–H and O–H groups in total. The van der Waals surface area contributed by atoms with E-state index in [1.54, 1.807) is 56.4 Å². The molecular formula is C29H28N4O6. The molecule has 0 fully saturated rings. The minimum Gasteiger partial charge on any atom is -0.481 e. The Labute approximate surface area is 224 Å². The lowest BCUT2D eigenvalue weighted by Crippen LogP contribution is -2.56. The summed E-state index contributed by atoms with van der Waals surface area (Å²) in [7, 11) is 0. The Bertz CT molecular complexity index is 1510. The van der Waals surface area contributed by atoms with Gasteiger partial charge in [0, 0.05) is 35.8 Å². The lowest BCUT2D eigenvalue weighted by Gasteiger charge is -2.29. The van der Waals surface area contributed by atoms with Crippen molar-refractivity contribution in [2.24, 2.45) is 0 Å². The maximum absolute atomic E-state index is 13.3. The number of pyridine rings is 1. The number of nitrogens with zero attached hydrogens (tertiary/aromatic N) is 2. The third-order valence-electron chi connectivity index (χ3n) is 6.41. The standard InChI is InChI=1S/C29H28N4O6/c1-3-32-17-18(2)26(36)25(28(32)38)31-29(39)30-23(16-24(34)35)20-11-7-12-21(15-20)33-14-8-13-22(27(33)37)19-9-5-4-6-10-19/h4-15,17,23,25H,3,16H2,1-2H3,(H,34,35)(H2,30,31,39). The van der Waals surface area contributed by atoms with Gasteiger partial charge in [0.25, 0.3) is 11.5 Å². The van der Waals surface area contributed by atoms with Gasteiger partial charge in [-0.25, -0.2) is 4.79 Å². The van der Waals surface area contributed by atoms with Gasteiger partial charge in [-0.2, -0.15) is 0 Å². The monoisotopic (exact) mass is 528 g/mol. The van der Waals surface area contributed by atoms with E-state index in [-0.39, 0.29) is 5.56 Å². The third-order valence-corrected chi connectivity index (χ3v) is 6.41. The number of nitrogens with one attached hydrogen (secondary N) is 2. The Hall–Kier alpha value is -4.99. The highest BCUT2D eigenvalue weighted by molar-refractivity contribution is 6.16. The van der Waals surface area contributed by atoms with Crippen LogP contribution in [0.4, 0.5) is 4.79 Å². The second-order valence-corrected chi connectivity index (χ2v) is 9.06. The summed E-state index contributed by atoms with van der Waals surface area (Å²) in [5.74, 6) is -2.28. The molecule has 2 unspecified atom stereocenters. The van der Waals surface area contributed by atoms with Crippen molar-refractivity contribution in [3.8, 4) is 16.8 Å². The topological polar surface area (TPSA) is 138 Å². The molecule has 0 bridgehead atoms. The number of benzene rings is 2. The maximum atomic E-state index is 13.3. The fourth-order valence-electron chi connectivity index (χ4n) is 4.43. The normalized spacial score (nSPS) is 15.9. The van der Waals surface area contributed by atoms with Gasteiger partial charge in [0.1, 0.15) is 0 Å². The highest BCUT2D eigenvalue weighted by Crippen LogP contribution is 2.21. The van der Waals surface area contributed by atoms with Crippen molar-refractivity contribution in [2.45, 2.75) is 32.4 Å². The van der Waals surface area contributed by atoms with E-state index in [4.69, 9.17) is 0 Å². The predicted molar refractivity (Wildman–Crippen MR) is 144 cm³/mol. The molecule has 3 amide bonds. The van der Waals surface area contributed by atoms with E-state index in [1.807, 2.05) is 30.3 Å². The quantitative estimate of drug-likeness (QED) is 0.384. The number of carboxylic acid groups (broad SMARTS) is 1. The van der Waals surface area contributed by atoms with Crippen molar-refractivity contribution in [3.05, 3.63) is 101 Å². The van der Waals surface area contributed by atoms with Gasteiger partial charge in [0.15, 0.2) is 11.8 Å². The Kier molecular flexibility index (Phi) is 8.04. The highest BCUT2D eigenvalue weighted by atomic mass is 16.4. The van der Waals surface area contributed by atoms with E-state index in [0.29, 0.717) is 28.9 Å². The van der Waals surface area contributed by atoms with Crippen molar-refractivity contribution in [2.75, 3.05) is 6.54 Å². The smallest absolute Gasteiger partial charge is 0.316 e. The summed E-state index contributed by atoms with van der Waals surface area (Å²) in [5, 5.41) is 14.5. The summed E-state index contributed by atoms with van der Waals surface area (Å²) < 4.78 is 1.44. The summed E-state index contributed by atoms with van der Waals surface area (Å²) >= 11 is 0. The average molecular weight is 529 g/mol. The second-order valence-electron chi connectivity index (χ2n) is 9.06. The van der Waals surface area contributed by atoms with E-state index >= 15 is 0 Å². The molecule has 4 rings (SSSR count). The zero-order valence-corrected chi connectivity index (χ0v) is 21.5. The number of aliphatic carboxylic acids is 1. The molecule has 200 valence electrons. The molecule has 10 heteroatoms. The first-order valence-corrected chi connectivity index (χ1v) is 12.4. The SMILES string of the molecule is CCN1C=C(C)C(=O)C(NC(=O)NC(CC(=O)O)c2cccc(-n3cccc(-c4ccccc4)c3=O)c2)C1=O. The van der Waals surface area contributed by atoms with Crippen molar-refractivity contribution >= 4 is 23.7 Å². The fraction of sp³-hybridized carbons (Fsp3) is 0.207. The molecule has 0 radical (unpaired) electrons. The summed E-state index contributed by atoms with van der Waals surface area (Å²) in [6, 6.07) is 16.0. The highest BCUT2D eigenvalue weighted by Gasteiger charge is 2.36. The van der Waals surface area contributed by atoms with Crippen molar-refractivity contribution in [1.29, 1.82) is 0 Å². The summed E-state index contributed by atoms with van der Waals surface area (Å²) in [4.78, 5) is 64.3. The number of carbonyl (C=O) groups is 4. The molecule has 0 aliphatic carbocycles. The number of hydrogen-bond donors (Lipinski definition) is 3. The molecule has 39 heavy (non-hydrogen) atoms. The number of likely N-dealkylation sites (N-methyl/N-ethyl adjacent to an activating group) is 1. The van der Waals surface area contributed by atoms with Gasteiger partial charge in [-0.3, -0.25) is 23.7 Å². The summed E-state index contributed by atoms with van der Waals surface area (Å²) in [6.45, 7) is 3.62. The van der Waals surface area contributed by atoms with Crippen LogP contribution in [0.5, 0.6) is 0 Å². The van der Waals surface area contributed by atoms with Crippen LogP contribution in [0.25, 0.3) is 16.8 Å². The Balaban J connectivity index is 1.60. The van der Waals surface area contributed by atoms with Gasteiger partial charge in [0.05, 0.1) is 12.5 Å². The number of amides is 3. The van der Waals surface area contributed by atoms with Gasteiger partial charge >= 0.3 is 12.0 Å². The van der Waals surface area contributed by atoms with E-state index in [9.17, 15) is 29.1 Å². The number of aromatic nitrogens is 1. The van der Waals surface area contributed by atoms with Crippen LogP contribution in [0.2, 0.25) is 0 Å². The van der Waals surface area contributed by atoms with Crippen LogP contribution < -0.4 is 16.2 Å². The van der Waals surface area contributed by atoms with Crippen LogP contribution in [-0.2, 0) is 14.4 Å². The number of hydrogen-bond acceptors (Lipinski definition) is 5. The lowest BCUT2D eigenvalue weighted by molar-refractivity contribution is -0.138. The predicted octanol–water partition coefficient (Wildman–Crippen LogP) is 3.02. The molecule has 0 spiro atoms. The van der Waals surface area contributed by atoms with Crippen LogP contribution in [0.3, 0.4) is 0 Å². The number of urea groups is 1. The molecule has 2 heterocycles. The molecule has 1 aromatic heterocycles. The van der Waals surface area contributed by atoms with Gasteiger partial charge in [-0.1, -0.05) is 42.5 Å². The third kappa shape index (κ3) is 5.96. The number of carbonyl (C=O) groups excluding carboxylic acids is 3. The van der Waals surface area contributed by atoms with E-state index in [2.05, 4.69) is 10.6 Å². The fourth-order valence-corrected chi connectivity index (χ4v) is 4.43. The molecule has 3 aromatic rings. The number of ketones is 1. The zero-order chi connectivity index (χ0) is 28.1. The molecule has 0 saturated carbocycles. The van der Waals surface area contributed by atoms with Gasteiger partial charge in [-0.15, -0.1) is 0 Å². The Morgan fingerprint density at radius 3 is 2.44 bits per heavy atom. The molecule has 1 aliphatic heterocycles. The van der Waals surface area contributed by atoms with Gasteiger partial charge < -0.3 is 20.6 Å². The molecule has 2 atom stereocenters. The van der Waals surface area contributed by atoms with Crippen LogP contribution in [0, 0.1) is 0 Å². The first-order valence-electron chi connectivity index (χ1n) is 12.4. The molecule has 2 aromatic carbocycles. The van der Waals surface area contributed by atoms with Crippen molar-refractivity contribution < 1.29 is 24.3 Å². The van der Waals surface area contributed by atoms with Crippen molar-refractivity contribution in [3.63, 3.8) is 0 Å². The van der Waals surface area contributed by atoms with Crippen LogP contribution in [0.15, 0.2) is 89.5 Å². The first kappa shape index (κ1) is 27.1. The largest absolute Gasteiger partial charge is 0.481 e.